The molecule has 0 unspecified atom stereocenters. The van der Waals surface area contributed by atoms with E-state index in [4.69, 9.17) is 11.6 Å². The van der Waals surface area contributed by atoms with Crippen LogP contribution in [0.3, 0.4) is 0 Å². The SMILES string of the molecule is CCc1c(C(=O)O)nn2cccc2c1Cc1ccc(-c2ccnc(Cl)c2)cc1. The molecule has 28 heavy (non-hydrogen) atoms. The number of benzene rings is 1. The van der Waals surface area contributed by atoms with E-state index in [2.05, 4.69) is 22.2 Å². The number of hydrogen-bond donors (Lipinski definition) is 1. The summed E-state index contributed by atoms with van der Waals surface area (Å²) in [6.45, 7) is 1.96. The minimum Gasteiger partial charge on any atom is -0.476 e. The molecule has 3 heterocycles. The number of nitrogens with zero attached hydrogens (tertiary/aromatic N) is 3. The van der Waals surface area contributed by atoms with Gasteiger partial charge in [-0.15, -0.1) is 0 Å². The Kier molecular flexibility index (Phi) is 4.84. The topological polar surface area (TPSA) is 67.5 Å². The lowest BCUT2D eigenvalue weighted by Gasteiger charge is -2.13. The van der Waals surface area contributed by atoms with Crippen molar-refractivity contribution in [1.82, 2.24) is 14.6 Å². The summed E-state index contributed by atoms with van der Waals surface area (Å²) in [5.74, 6) is -1.00. The largest absolute Gasteiger partial charge is 0.476 e. The Morgan fingerprint density at radius 2 is 1.89 bits per heavy atom. The first-order valence-corrected chi connectivity index (χ1v) is 9.38. The van der Waals surface area contributed by atoms with Crippen LogP contribution in [0, 0.1) is 0 Å². The van der Waals surface area contributed by atoms with Crippen LogP contribution in [0.25, 0.3) is 16.6 Å². The molecule has 6 heteroatoms. The third-order valence-electron chi connectivity index (χ3n) is 4.85. The summed E-state index contributed by atoms with van der Waals surface area (Å²) >= 11 is 5.98. The van der Waals surface area contributed by atoms with Crippen molar-refractivity contribution in [2.24, 2.45) is 0 Å². The summed E-state index contributed by atoms with van der Waals surface area (Å²) in [4.78, 5) is 15.7. The van der Waals surface area contributed by atoms with Crippen LogP contribution >= 0.6 is 11.6 Å². The fourth-order valence-electron chi connectivity index (χ4n) is 3.52. The number of carboxylic acids is 1. The molecule has 1 aromatic carbocycles. The van der Waals surface area contributed by atoms with Crippen molar-refractivity contribution in [2.45, 2.75) is 19.8 Å². The van der Waals surface area contributed by atoms with Crippen LogP contribution in [0.5, 0.6) is 0 Å². The molecule has 4 rings (SSSR count). The zero-order valence-electron chi connectivity index (χ0n) is 15.3. The standard InChI is InChI=1S/C22H18ClN3O2/c1-2-17-18(19-4-3-11-26(19)25-21(17)22(27)28)12-14-5-7-15(8-6-14)16-9-10-24-20(23)13-16/h3-11,13H,2,12H2,1H3,(H,27,28). The average Bonchev–Trinajstić information content (AvgIpc) is 3.17. The first kappa shape index (κ1) is 18.2. The van der Waals surface area contributed by atoms with Gasteiger partial charge in [0.15, 0.2) is 5.69 Å². The zero-order chi connectivity index (χ0) is 19.7. The number of pyridine rings is 1. The summed E-state index contributed by atoms with van der Waals surface area (Å²) < 4.78 is 1.64. The minimum absolute atomic E-state index is 0.115. The predicted octanol–water partition coefficient (Wildman–Crippen LogP) is 4.90. The van der Waals surface area contributed by atoms with Gasteiger partial charge in [0.1, 0.15) is 5.15 Å². The summed E-state index contributed by atoms with van der Waals surface area (Å²) in [5, 5.41) is 14.3. The molecular formula is C22H18ClN3O2. The van der Waals surface area contributed by atoms with Gasteiger partial charge in [-0.05, 0) is 64.9 Å². The van der Waals surface area contributed by atoms with E-state index >= 15 is 0 Å². The molecule has 0 aliphatic carbocycles. The molecule has 0 fully saturated rings. The van der Waals surface area contributed by atoms with Gasteiger partial charge in [0.25, 0.3) is 0 Å². The van der Waals surface area contributed by atoms with Gasteiger partial charge in [-0.25, -0.2) is 14.3 Å². The zero-order valence-corrected chi connectivity index (χ0v) is 16.0. The van der Waals surface area contributed by atoms with Gasteiger partial charge in [0.05, 0.1) is 5.52 Å². The molecule has 4 aromatic rings. The Balaban J connectivity index is 1.74. The third-order valence-corrected chi connectivity index (χ3v) is 5.05. The molecule has 5 nitrogen and oxygen atoms in total. The molecule has 0 aliphatic rings. The maximum atomic E-state index is 11.7. The van der Waals surface area contributed by atoms with Gasteiger partial charge < -0.3 is 5.11 Å². The highest BCUT2D eigenvalue weighted by atomic mass is 35.5. The second-order valence-corrected chi connectivity index (χ2v) is 6.93. The molecule has 3 aromatic heterocycles. The number of carboxylic acid groups (broad SMARTS) is 1. The molecule has 0 radical (unpaired) electrons. The summed E-state index contributed by atoms with van der Waals surface area (Å²) in [6.07, 6.45) is 4.71. The molecule has 140 valence electrons. The van der Waals surface area contributed by atoms with Crippen LogP contribution in [-0.2, 0) is 12.8 Å². The lowest BCUT2D eigenvalue weighted by Crippen LogP contribution is -2.13. The van der Waals surface area contributed by atoms with Crippen LogP contribution in [0.2, 0.25) is 5.15 Å². The second kappa shape index (κ2) is 7.44. The van der Waals surface area contributed by atoms with Crippen LogP contribution in [0.15, 0.2) is 60.9 Å². The van der Waals surface area contributed by atoms with E-state index in [9.17, 15) is 9.90 Å². The maximum absolute atomic E-state index is 11.7. The Morgan fingerprint density at radius 1 is 1.11 bits per heavy atom. The van der Waals surface area contributed by atoms with E-state index in [1.165, 1.54) is 0 Å². The Hall–Kier alpha value is -3.18. The monoisotopic (exact) mass is 391 g/mol. The molecule has 0 aliphatic heterocycles. The highest BCUT2D eigenvalue weighted by molar-refractivity contribution is 6.29. The first-order chi connectivity index (χ1) is 13.6. The Labute approximate surface area is 167 Å². The number of carbonyl (C=O) groups is 1. The first-order valence-electron chi connectivity index (χ1n) is 9.00. The van der Waals surface area contributed by atoms with Gasteiger partial charge in [0.2, 0.25) is 0 Å². The molecule has 0 spiro atoms. The fourth-order valence-corrected chi connectivity index (χ4v) is 3.69. The molecule has 0 saturated heterocycles. The highest BCUT2D eigenvalue weighted by Gasteiger charge is 2.19. The van der Waals surface area contributed by atoms with E-state index < -0.39 is 5.97 Å². The molecule has 0 saturated carbocycles. The van der Waals surface area contributed by atoms with Crippen LogP contribution in [0.1, 0.15) is 34.1 Å². The van der Waals surface area contributed by atoms with Crippen LogP contribution in [-0.4, -0.2) is 25.7 Å². The van der Waals surface area contributed by atoms with E-state index in [1.54, 1.807) is 16.9 Å². The van der Waals surface area contributed by atoms with Crippen molar-refractivity contribution in [3.63, 3.8) is 0 Å². The fraction of sp³-hybridized carbons (Fsp3) is 0.136. The lowest BCUT2D eigenvalue weighted by atomic mass is 9.95. The Bertz CT molecular complexity index is 1170. The van der Waals surface area contributed by atoms with E-state index in [1.807, 2.05) is 43.3 Å². The van der Waals surface area contributed by atoms with Gasteiger partial charge in [-0.2, -0.15) is 5.10 Å². The van der Waals surface area contributed by atoms with E-state index in [-0.39, 0.29) is 5.69 Å². The molecule has 1 N–H and O–H groups in total. The number of fused-ring (bicyclic) bond motifs is 1. The number of rotatable bonds is 5. The summed E-state index contributed by atoms with van der Waals surface area (Å²) in [7, 11) is 0. The van der Waals surface area contributed by atoms with Crippen LogP contribution < -0.4 is 0 Å². The van der Waals surface area contributed by atoms with Crippen molar-refractivity contribution >= 4 is 23.1 Å². The normalized spacial score (nSPS) is 11.1. The van der Waals surface area contributed by atoms with E-state index in [0.717, 1.165) is 33.3 Å². The third kappa shape index (κ3) is 3.37. The predicted molar refractivity (Wildman–Crippen MR) is 109 cm³/mol. The summed E-state index contributed by atoms with van der Waals surface area (Å²) in [6, 6.07) is 15.8. The molecule has 0 atom stereocenters. The highest BCUT2D eigenvalue weighted by Crippen LogP contribution is 2.26. The van der Waals surface area contributed by atoms with E-state index in [0.29, 0.717) is 18.0 Å². The molecule has 0 bridgehead atoms. The van der Waals surface area contributed by atoms with Crippen LogP contribution in [0.4, 0.5) is 0 Å². The van der Waals surface area contributed by atoms with Crippen molar-refractivity contribution in [3.8, 4) is 11.1 Å². The number of halogens is 1. The van der Waals surface area contributed by atoms with Gasteiger partial charge in [-0.3, -0.25) is 0 Å². The van der Waals surface area contributed by atoms with Crippen molar-refractivity contribution < 1.29 is 9.90 Å². The van der Waals surface area contributed by atoms with Crippen molar-refractivity contribution in [2.75, 3.05) is 0 Å². The molecular weight excluding hydrogens is 374 g/mol. The smallest absolute Gasteiger partial charge is 0.356 e. The van der Waals surface area contributed by atoms with Gasteiger partial charge >= 0.3 is 5.97 Å². The van der Waals surface area contributed by atoms with Crippen molar-refractivity contribution in [3.05, 3.63) is 88.5 Å². The average molecular weight is 392 g/mol. The Morgan fingerprint density at radius 3 is 2.57 bits per heavy atom. The minimum atomic E-state index is -1.00. The number of hydrogen-bond acceptors (Lipinski definition) is 3. The summed E-state index contributed by atoms with van der Waals surface area (Å²) in [5.41, 5.74) is 5.99. The maximum Gasteiger partial charge on any atom is 0.356 e. The molecule has 0 amide bonds. The lowest BCUT2D eigenvalue weighted by molar-refractivity contribution is 0.0687. The quantitative estimate of drug-likeness (QED) is 0.491. The van der Waals surface area contributed by atoms with Gasteiger partial charge in [0, 0.05) is 12.4 Å². The number of aromatic nitrogens is 3. The number of aromatic carboxylic acids is 1. The van der Waals surface area contributed by atoms with Gasteiger partial charge in [-0.1, -0.05) is 42.8 Å². The second-order valence-electron chi connectivity index (χ2n) is 6.54. The van der Waals surface area contributed by atoms with Crippen molar-refractivity contribution in [1.29, 1.82) is 0 Å².